The molecule has 0 amide bonds. The minimum atomic E-state index is -0.329. The number of fused-ring (bicyclic) bond motifs is 1. The number of rotatable bonds is 3. The number of hydrogen-bond donors (Lipinski definition) is 1. The molecule has 0 aromatic heterocycles. The average Bonchev–Trinajstić information content (AvgIpc) is 2.88. The van der Waals surface area contributed by atoms with Gasteiger partial charge in [-0.15, -0.1) is 0 Å². The highest BCUT2D eigenvalue weighted by atomic mass is 79.9. The van der Waals surface area contributed by atoms with E-state index in [2.05, 4.69) is 21.2 Å². The Kier molecular flexibility index (Phi) is 4.73. The van der Waals surface area contributed by atoms with Crippen LogP contribution in [0.4, 0.5) is 17.1 Å². The van der Waals surface area contributed by atoms with E-state index in [1.807, 2.05) is 60.7 Å². The number of nitro benzene ring substituents is 1. The average molecular weight is 422 g/mol. The minimum absolute atomic E-state index is 0.115. The minimum Gasteiger partial charge on any atom is -0.376 e. The third-order valence-corrected chi connectivity index (χ3v) is 5.10. The summed E-state index contributed by atoms with van der Waals surface area (Å²) >= 11 is 3.46. The van der Waals surface area contributed by atoms with Gasteiger partial charge in [0.15, 0.2) is 0 Å². The predicted octanol–water partition coefficient (Wildman–Crippen LogP) is 6.04. The number of nitro groups is 1. The van der Waals surface area contributed by atoms with Gasteiger partial charge in [-0.1, -0.05) is 58.4 Å². The lowest BCUT2D eigenvalue weighted by molar-refractivity contribution is -0.385. The largest absolute Gasteiger partial charge is 0.376 e. The quantitative estimate of drug-likeness (QED) is 0.414. The van der Waals surface area contributed by atoms with Gasteiger partial charge in [-0.2, -0.15) is 0 Å². The molecule has 1 heterocycles. The molecule has 1 atom stereocenters. The van der Waals surface area contributed by atoms with Gasteiger partial charge in [-0.3, -0.25) is 15.1 Å². The van der Waals surface area contributed by atoms with Crippen LogP contribution in [0, 0.1) is 10.1 Å². The lowest BCUT2D eigenvalue weighted by Gasteiger charge is -2.19. The van der Waals surface area contributed by atoms with E-state index in [1.54, 1.807) is 12.1 Å². The van der Waals surface area contributed by atoms with Crippen molar-refractivity contribution in [3.63, 3.8) is 0 Å². The maximum atomic E-state index is 11.5. The number of nitrogens with one attached hydrogen (secondary N) is 1. The maximum Gasteiger partial charge on any atom is 0.274 e. The summed E-state index contributed by atoms with van der Waals surface area (Å²) in [5.41, 5.74) is 4.36. The molecule has 3 aromatic rings. The van der Waals surface area contributed by atoms with Crippen molar-refractivity contribution in [2.75, 3.05) is 5.32 Å². The van der Waals surface area contributed by atoms with Crippen LogP contribution in [0.5, 0.6) is 0 Å². The van der Waals surface area contributed by atoms with E-state index < -0.39 is 0 Å². The first-order chi connectivity index (χ1) is 13.1. The third-order valence-electron chi connectivity index (χ3n) is 4.57. The second-order valence-corrected chi connectivity index (χ2v) is 7.22. The number of anilines is 1. The summed E-state index contributed by atoms with van der Waals surface area (Å²) < 4.78 is 0.995. The zero-order valence-corrected chi connectivity index (χ0v) is 15.9. The molecule has 0 spiro atoms. The molecule has 0 saturated carbocycles. The summed E-state index contributed by atoms with van der Waals surface area (Å²) in [6.07, 6.45) is 0.543. The van der Waals surface area contributed by atoms with Gasteiger partial charge in [0.05, 0.1) is 33.6 Å². The SMILES string of the molecule is O=[N+]([O-])c1ccccc1C1CC(c2ccc(Br)cc2)=Nc2ccccc2N1. The molecule has 4 rings (SSSR count). The Morgan fingerprint density at radius 3 is 2.48 bits per heavy atom. The standard InChI is InChI=1S/C21H16BrN3O2/c22-15-11-9-14(10-12-15)19-13-20(16-5-1-4-8-21(16)25(26)27)24-18-7-3-2-6-17(18)23-19/h1-12,20,24H,13H2. The van der Waals surface area contributed by atoms with Crippen LogP contribution in [-0.4, -0.2) is 10.6 Å². The van der Waals surface area contributed by atoms with E-state index in [0.717, 1.165) is 27.1 Å². The van der Waals surface area contributed by atoms with Crippen molar-refractivity contribution in [2.24, 2.45) is 4.99 Å². The zero-order chi connectivity index (χ0) is 18.8. The summed E-state index contributed by atoms with van der Waals surface area (Å²) in [6.45, 7) is 0. The molecule has 6 heteroatoms. The van der Waals surface area contributed by atoms with E-state index in [-0.39, 0.29) is 16.7 Å². The molecule has 0 radical (unpaired) electrons. The predicted molar refractivity (Wildman–Crippen MR) is 111 cm³/mol. The molecule has 3 aromatic carbocycles. The Balaban J connectivity index is 1.83. The molecule has 134 valence electrons. The highest BCUT2D eigenvalue weighted by molar-refractivity contribution is 9.10. The molecular formula is C21H16BrN3O2. The van der Waals surface area contributed by atoms with Crippen molar-refractivity contribution in [3.8, 4) is 0 Å². The first kappa shape index (κ1) is 17.4. The van der Waals surface area contributed by atoms with Gasteiger partial charge in [0.2, 0.25) is 0 Å². The number of nitrogens with zero attached hydrogens (tertiary/aromatic N) is 2. The van der Waals surface area contributed by atoms with E-state index in [9.17, 15) is 10.1 Å². The van der Waals surface area contributed by atoms with Crippen molar-refractivity contribution in [2.45, 2.75) is 12.5 Å². The van der Waals surface area contributed by atoms with Crippen LogP contribution in [0.25, 0.3) is 0 Å². The lowest BCUT2D eigenvalue weighted by Crippen LogP contribution is -2.16. The molecule has 0 saturated heterocycles. The Morgan fingerprint density at radius 2 is 1.70 bits per heavy atom. The highest BCUT2D eigenvalue weighted by Crippen LogP contribution is 2.37. The van der Waals surface area contributed by atoms with Crippen molar-refractivity contribution < 1.29 is 4.92 Å². The van der Waals surface area contributed by atoms with Gasteiger partial charge < -0.3 is 5.32 Å². The van der Waals surface area contributed by atoms with Crippen molar-refractivity contribution >= 4 is 38.7 Å². The Hall–Kier alpha value is -2.99. The monoisotopic (exact) mass is 421 g/mol. The van der Waals surface area contributed by atoms with Gasteiger partial charge in [-0.25, -0.2) is 0 Å². The number of benzene rings is 3. The van der Waals surface area contributed by atoms with Crippen molar-refractivity contribution in [3.05, 3.63) is 98.5 Å². The van der Waals surface area contributed by atoms with Crippen LogP contribution in [0.1, 0.15) is 23.6 Å². The number of halogens is 1. The molecule has 0 fully saturated rings. The maximum absolute atomic E-state index is 11.5. The van der Waals surface area contributed by atoms with Crippen molar-refractivity contribution in [1.82, 2.24) is 0 Å². The van der Waals surface area contributed by atoms with Crippen LogP contribution in [0.2, 0.25) is 0 Å². The molecule has 1 N–H and O–H groups in total. The number of aliphatic imine (C=N–C) groups is 1. The summed E-state index contributed by atoms with van der Waals surface area (Å²) in [7, 11) is 0. The van der Waals surface area contributed by atoms with Gasteiger partial charge in [0.1, 0.15) is 0 Å². The molecule has 0 bridgehead atoms. The molecule has 27 heavy (non-hydrogen) atoms. The van der Waals surface area contributed by atoms with Gasteiger partial charge in [-0.05, 0) is 29.8 Å². The molecule has 1 aliphatic rings. The topological polar surface area (TPSA) is 67.5 Å². The molecular weight excluding hydrogens is 406 g/mol. The van der Waals surface area contributed by atoms with E-state index in [0.29, 0.717) is 12.0 Å². The molecule has 1 unspecified atom stereocenters. The Labute approximate surface area is 165 Å². The Morgan fingerprint density at radius 1 is 1.00 bits per heavy atom. The van der Waals surface area contributed by atoms with Crippen LogP contribution in [0.15, 0.2) is 82.3 Å². The molecule has 0 aliphatic carbocycles. The van der Waals surface area contributed by atoms with Crippen LogP contribution in [0.3, 0.4) is 0 Å². The Bertz CT molecular complexity index is 1030. The van der Waals surface area contributed by atoms with Crippen LogP contribution in [-0.2, 0) is 0 Å². The fourth-order valence-electron chi connectivity index (χ4n) is 3.28. The first-order valence-corrected chi connectivity index (χ1v) is 9.33. The van der Waals surface area contributed by atoms with Gasteiger partial charge in [0, 0.05) is 17.0 Å². The number of hydrogen-bond acceptors (Lipinski definition) is 4. The van der Waals surface area contributed by atoms with E-state index in [4.69, 9.17) is 4.99 Å². The summed E-state index contributed by atoms with van der Waals surface area (Å²) in [6, 6.07) is 22.4. The van der Waals surface area contributed by atoms with E-state index >= 15 is 0 Å². The summed E-state index contributed by atoms with van der Waals surface area (Å²) in [4.78, 5) is 16.1. The summed E-state index contributed by atoms with van der Waals surface area (Å²) in [5.74, 6) is 0. The first-order valence-electron chi connectivity index (χ1n) is 8.54. The van der Waals surface area contributed by atoms with Gasteiger partial charge in [0.25, 0.3) is 5.69 Å². The third kappa shape index (κ3) is 3.61. The zero-order valence-electron chi connectivity index (χ0n) is 14.3. The fraction of sp³-hybridized carbons (Fsp3) is 0.0952. The fourth-order valence-corrected chi connectivity index (χ4v) is 3.54. The lowest BCUT2D eigenvalue weighted by atomic mass is 9.96. The van der Waals surface area contributed by atoms with E-state index in [1.165, 1.54) is 0 Å². The van der Waals surface area contributed by atoms with Crippen LogP contribution >= 0.6 is 15.9 Å². The number of para-hydroxylation sites is 3. The molecule has 1 aliphatic heterocycles. The van der Waals surface area contributed by atoms with Crippen molar-refractivity contribution in [1.29, 1.82) is 0 Å². The van der Waals surface area contributed by atoms with Crippen LogP contribution < -0.4 is 5.32 Å². The molecule has 5 nitrogen and oxygen atoms in total. The highest BCUT2D eigenvalue weighted by Gasteiger charge is 2.26. The second kappa shape index (κ2) is 7.32. The smallest absolute Gasteiger partial charge is 0.274 e. The van der Waals surface area contributed by atoms with Gasteiger partial charge >= 0.3 is 0 Å². The summed E-state index contributed by atoms with van der Waals surface area (Å²) in [5, 5.41) is 15.0. The second-order valence-electron chi connectivity index (χ2n) is 6.30. The normalized spacial score (nSPS) is 15.9.